The maximum absolute atomic E-state index is 13.9. The minimum Gasteiger partial charge on any atom is -0.314 e. The number of piperazine rings is 1. The van der Waals surface area contributed by atoms with Crippen molar-refractivity contribution in [2.24, 2.45) is 0 Å². The number of rotatable bonds is 3. The third-order valence-electron chi connectivity index (χ3n) is 3.15. The number of benzene rings is 1. The standard InChI is InChI=1S/C11H14FN3O4S/c1-8-7-13-4-5-14(8)20(18,19)11-3-2-9(15(16)17)6-10(11)12/h2-3,6,8,13H,4-5,7H2,1H3/t8-/m1/s1. The second-order valence-corrected chi connectivity index (χ2v) is 6.40. The van der Waals surface area contributed by atoms with E-state index in [1.807, 2.05) is 0 Å². The quantitative estimate of drug-likeness (QED) is 0.656. The molecule has 9 heteroatoms. The van der Waals surface area contributed by atoms with Crippen LogP contribution in [0.3, 0.4) is 0 Å². The highest BCUT2D eigenvalue weighted by molar-refractivity contribution is 7.89. The Bertz CT molecular complexity index is 635. The molecule has 110 valence electrons. The van der Waals surface area contributed by atoms with E-state index in [2.05, 4.69) is 5.32 Å². The Balaban J connectivity index is 2.41. The summed E-state index contributed by atoms with van der Waals surface area (Å²) in [6.07, 6.45) is 0. The van der Waals surface area contributed by atoms with E-state index in [4.69, 9.17) is 0 Å². The van der Waals surface area contributed by atoms with E-state index in [1.165, 1.54) is 4.31 Å². The highest BCUT2D eigenvalue weighted by atomic mass is 32.2. The molecule has 7 nitrogen and oxygen atoms in total. The van der Waals surface area contributed by atoms with Crippen LogP contribution < -0.4 is 5.32 Å². The molecular weight excluding hydrogens is 289 g/mol. The maximum Gasteiger partial charge on any atom is 0.272 e. The van der Waals surface area contributed by atoms with Crippen LogP contribution in [-0.2, 0) is 10.0 Å². The number of hydrogen-bond acceptors (Lipinski definition) is 5. The van der Waals surface area contributed by atoms with Gasteiger partial charge in [-0.15, -0.1) is 0 Å². The smallest absolute Gasteiger partial charge is 0.272 e. The summed E-state index contributed by atoms with van der Waals surface area (Å²) in [4.78, 5) is 9.24. The molecule has 1 atom stereocenters. The first-order valence-electron chi connectivity index (χ1n) is 6.00. The summed E-state index contributed by atoms with van der Waals surface area (Å²) in [5.74, 6) is -1.11. The number of non-ortho nitro benzene ring substituents is 1. The van der Waals surface area contributed by atoms with Gasteiger partial charge in [-0.1, -0.05) is 0 Å². The van der Waals surface area contributed by atoms with Gasteiger partial charge in [-0.3, -0.25) is 10.1 Å². The average Bonchev–Trinajstić information content (AvgIpc) is 2.38. The lowest BCUT2D eigenvalue weighted by molar-refractivity contribution is -0.385. The highest BCUT2D eigenvalue weighted by Crippen LogP contribution is 2.25. The predicted octanol–water partition coefficient (Wildman–Crippen LogP) is 0.716. The van der Waals surface area contributed by atoms with Gasteiger partial charge in [0.15, 0.2) is 0 Å². The molecule has 0 radical (unpaired) electrons. The molecule has 1 N–H and O–H groups in total. The monoisotopic (exact) mass is 303 g/mol. The summed E-state index contributed by atoms with van der Waals surface area (Å²) < 4.78 is 39.8. The summed E-state index contributed by atoms with van der Waals surface area (Å²) in [7, 11) is -3.99. The van der Waals surface area contributed by atoms with Crippen molar-refractivity contribution in [3.63, 3.8) is 0 Å². The van der Waals surface area contributed by atoms with E-state index < -0.39 is 31.3 Å². The van der Waals surface area contributed by atoms with Crippen molar-refractivity contribution >= 4 is 15.7 Å². The van der Waals surface area contributed by atoms with Gasteiger partial charge >= 0.3 is 0 Å². The number of nitrogens with one attached hydrogen (secondary N) is 1. The molecule has 0 aliphatic carbocycles. The van der Waals surface area contributed by atoms with E-state index in [9.17, 15) is 22.9 Å². The van der Waals surface area contributed by atoms with Crippen LogP contribution in [0, 0.1) is 15.9 Å². The summed E-state index contributed by atoms with van der Waals surface area (Å²) in [6, 6.07) is 2.25. The van der Waals surface area contributed by atoms with E-state index in [1.54, 1.807) is 6.92 Å². The Hall–Kier alpha value is -1.58. The molecule has 20 heavy (non-hydrogen) atoms. The van der Waals surface area contributed by atoms with Gasteiger partial charge in [0.25, 0.3) is 5.69 Å². The largest absolute Gasteiger partial charge is 0.314 e. The third-order valence-corrected chi connectivity index (χ3v) is 5.20. The average molecular weight is 303 g/mol. The van der Waals surface area contributed by atoms with Crippen LogP contribution in [0.5, 0.6) is 0 Å². The Kier molecular flexibility index (Phi) is 4.02. The van der Waals surface area contributed by atoms with Crippen molar-refractivity contribution < 1.29 is 17.7 Å². The lowest BCUT2D eigenvalue weighted by Gasteiger charge is -2.32. The molecular formula is C11H14FN3O4S. The molecule has 0 saturated carbocycles. The van der Waals surface area contributed by atoms with Crippen LogP contribution in [0.1, 0.15) is 6.92 Å². The van der Waals surface area contributed by atoms with Gasteiger partial charge in [0.05, 0.1) is 11.0 Å². The number of nitrogens with zero attached hydrogens (tertiary/aromatic N) is 2. The minimum absolute atomic E-state index is 0.236. The molecule has 1 aromatic carbocycles. The Labute approximate surface area is 115 Å². The number of nitro benzene ring substituents is 1. The van der Waals surface area contributed by atoms with Crippen molar-refractivity contribution in [3.8, 4) is 0 Å². The molecule has 0 unspecified atom stereocenters. The lowest BCUT2D eigenvalue weighted by Crippen LogP contribution is -2.52. The number of halogens is 1. The second kappa shape index (κ2) is 5.43. The van der Waals surface area contributed by atoms with Gasteiger partial charge in [-0.05, 0) is 13.0 Å². The zero-order valence-corrected chi connectivity index (χ0v) is 11.6. The minimum atomic E-state index is -3.99. The van der Waals surface area contributed by atoms with Gasteiger partial charge in [0, 0.05) is 31.7 Å². The van der Waals surface area contributed by atoms with Crippen molar-refractivity contribution in [2.45, 2.75) is 17.9 Å². The first-order valence-corrected chi connectivity index (χ1v) is 7.44. The Morgan fingerprint density at radius 1 is 1.50 bits per heavy atom. The zero-order chi connectivity index (χ0) is 14.9. The first-order chi connectivity index (χ1) is 9.34. The van der Waals surface area contributed by atoms with Gasteiger partial charge in [0.1, 0.15) is 10.7 Å². The first kappa shape index (κ1) is 14.8. The topological polar surface area (TPSA) is 92.6 Å². The fourth-order valence-electron chi connectivity index (χ4n) is 2.12. The van der Waals surface area contributed by atoms with Crippen LogP contribution in [-0.4, -0.2) is 43.3 Å². The molecule has 1 heterocycles. The molecule has 1 aromatic rings. The van der Waals surface area contributed by atoms with Crippen molar-refractivity contribution in [2.75, 3.05) is 19.6 Å². The van der Waals surface area contributed by atoms with Gasteiger partial charge in [-0.25, -0.2) is 12.8 Å². The molecule has 1 saturated heterocycles. The Morgan fingerprint density at radius 2 is 2.20 bits per heavy atom. The molecule has 0 aromatic heterocycles. The second-order valence-electron chi connectivity index (χ2n) is 4.54. The van der Waals surface area contributed by atoms with E-state index in [0.29, 0.717) is 19.2 Å². The fourth-order valence-corrected chi connectivity index (χ4v) is 3.80. The summed E-state index contributed by atoms with van der Waals surface area (Å²) in [6.45, 7) is 2.92. The summed E-state index contributed by atoms with van der Waals surface area (Å²) in [5.41, 5.74) is -0.477. The van der Waals surface area contributed by atoms with E-state index >= 15 is 0 Å². The SMILES string of the molecule is C[C@@H]1CNCCN1S(=O)(=O)c1ccc([N+](=O)[O-])cc1F. The molecule has 2 rings (SSSR count). The van der Waals surface area contributed by atoms with Crippen LogP contribution in [0.2, 0.25) is 0 Å². The van der Waals surface area contributed by atoms with Gasteiger partial charge < -0.3 is 5.32 Å². The van der Waals surface area contributed by atoms with Gasteiger partial charge in [0.2, 0.25) is 10.0 Å². The van der Waals surface area contributed by atoms with Crippen LogP contribution in [0.4, 0.5) is 10.1 Å². The normalized spacial score (nSPS) is 20.8. The highest BCUT2D eigenvalue weighted by Gasteiger charge is 2.33. The number of sulfonamides is 1. The Morgan fingerprint density at radius 3 is 2.75 bits per heavy atom. The fraction of sp³-hybridized carbons (Fsp3) is 0.455. The third kappa shape index (κ3) is 2.65. The van der Waals surface area contributed by atoms with E-state index in [-0.39, 0.29) is 12.6 Å². The van der Waals surface area contributed by atoms with Crippen LogP contribution in [0.25, 0.3) is 0 Å². The van der Waals surface area contributed by atoms with Crippen molar-refractivity contribution in [1.29, 1.82) is 0 Å². The van der Waals surface area contributed by atoms with Crippen molar-refractivity contribution in [1.82, 2.24) is 9.62 Å². The molecule has 0 bridgehead atoms. The predicted molar refractivity (Wildman–Crippen MR) is 69.3 cm³/mol. The summed E-state index contributed by atoms with van der Waals surface area (Å²) >= 11 is 0. The molecule has 1 aliphatic rings. The molecule has 1 fully saturated rings. The lowest BCUT2D eigenvalue weighted by atomic mass is 10.3. The summed E-state index contributed by atoms with van der Waals surface area (Å²) in [5, 5.41) is 13.6. The van der Waals surface area contributed by atoms with Crippen molar-refractivity contribution in [3.05, 3.63) is 34.1 Å². The zero-order valence-electron chi connectivity index (χ0n) is 10.7. The molecule has 1 aliphatic heterocycles. The van der Waals surface area contributed by atoms with Crippen LogP contribution in [0.15, 0.2) is 23.1 Å². The van der Waals surface area contributed by atoms with Crippen LogP contribution >= 0.6 is 0 Å². The number of hydrogen-bond donors (Lipinski definition) is 1. The maximum atomic E-state index is 13.9. The van der Waals surface area contributed by atoms with E-state index in [0.717, 1.165) is 12.1 Å². The molecule has 0 amide bonds. The number of nitro groups is 1. The van der Waals surface area contributed by atoms with Gasteiger partial charge in [-0.2, -0.15) is 4.31 Å². The molecule has 0 spiro atoms.